The SMILES string of the molecule is C[C@@H]1CN(c2ccc(C#N)c3ncccc23)C[C@H](CN2CCC(N)CC2)O1. The van der Waals surface area contributed by atoms with Crippen molar-refractivity contribution in [2.24, 2.45) is 5.73 Å². The van der Waals surface area contributed by atoms with Crippen LogP contribution in [0, 0.1) is 11.3 Å². The van der Waals surface area contributed by atoms with Crippen LogP contribution in [0.5, 0.6) is 0 Å². The van der Waals surface area contributed by atoms with E-state index < -0.39 is 0 Å². The van der Waals surface area contributed by atoms with Crippen LogP contribution in [0.15, 0.2) is 30.5 Å². The van der Waals surface area contributed by atoms with E-state index in [4.69, 9.17) is 10.5 Å². The third-order valence-electron chi connectivity index (χ3n) is 5.63. The van der Waals surface area contributed by atoms with Crippen LogP contribution in [0.25, 0.3) is 10.9 Å². The van der Waals surface area contributed by atoms with Gasteiger partial charge in [-0.15, -0.1) is 0 Å². The van der Waals surface area contributed by atoms with E-state index >= 15 is 0 Å². The average molecular weight is 365 g/mol. The number of rotatable bonds is 3. The van der Waals surface area contributed by atoms with E-state index in [1.807, 2.05) is 12.1 Å². The lowest BCUT2D eigenvalue weighted by Crippen LogP contribution is -2.52. The molecule has 4 rings (SSSR count). The number of aromatic nitrogens is 1. The van der Waals surface area contributed by atoms with Gasteiger partial charge >= 0.3 is 0 Å². The van der Waals surface area contributed by atoms with Crippen molar-refractivity contribution < 1.29 is 4.74 Å². The molecule has 2 N–H and O–H groups in total. The average Bonchev–Trinajstić information content (AvgIpc) is 2.68. The highest BCUT2D eigenvalue weighted by molar-refractivity contribution is 5.95. The molecular formula is C21H27N5O. The van der Waals surface area contributed by atoms with Gasteiger partial charge in [-0.05, 0) is 57.1 Å². The molecule has 2 aliphatic rings. The molecule has 0 unspecified atom stereocenters. The van der Waals surface area contributed by atoms with Crippen molar-refractivity contribution in [3.63, 3.8) is 0 Å². The predicted molar refractivity (Wildman–Crippen MR) is 107 cm³/mol. The predicted octanol–water partition coefficient (Wildman–Crippen LogP) is 2.12. The molecule has 2 aliphatic heterocycles. The van der Waals surface area contributed by atoms with Crippen LogP contribution >= 0.6 is 0 Å². The van der Waals surface area contributed by atoms with Crippen LogP contribution in [0.3, 0.4) is 0 Å². The number of fused-ring (bicyclic) bond motifs is 1. The molecule has 1 aromatic heterocycles. The molecule has 6 nitrogen and oxygen atoms in total. The molecule has 2 aromatic rings. The van der Waals surface area contributed by atoms with Gasteiger partial charge in [-0.3, -0.25) is 4.98 Å². The molecule has 2 fully saturated rings. The standard InChI is InChI=1S/C21H27N5O/c1-15-12-26(14-18(27-15)13-25-9-6-17(23)7-10-25)20-5-4-16(11-22)21-19(20)3-2-8-24-21/h2-5,8,15,17-18H,6-7,9-10,12-14,23H2,1H3/t15-,18+/m1/s1. The summed E-state index contributed by atoms with van der Waals surface area (Å²) in [5, 5.41) is 10.4. The maximum atomic E-state index is 9.38. The van der Waals surface area contributed by atoms with Gasteiger partial charge in [-0.2, -0.15) is 5.26 Å². The van der Waals surface area contributed by atoms with Crippen molar-refractivity contribution in [3.05, 3.63) is 36.0 Å². The second-order valence-corrected chi connectivity index (χ2v) is 7.76. The molecule has 0 spiro atoms. The molecule has 0 radical (unpaired) electrons. The normalized spacial score (nSPS) is 24.9. The highest BCUT2D eigenvalue weighted by Gasteiger charge is 2.29. The fourth-order valence-electron chi connectivity index (χ4n) is 4.29. The summed E-state index contributed by atoms with van der Waals surface area (Å²) in [6.07, 6.45) is 4.22. The second kappa shape index (κ2) is 7.81. The summed E-state index contributed by atoms with van der Waals surface area (Å²) < 4.78 is 6.24. The lowest BCUT2D eigenvalue weighted by atomic mass is 10.0. The molecule has 0 saturated carbocycles. The lowest BCUT2D eigenvalue weighted by Gasteiger charge is -2.41. The number of morpholine rings is 1. The molecule has 2 saturated heterocycles. The molecule has 142 valence electrons. The maximum Gasteiger partial charge on any atom is 0.101 e. The number of nitrogens with zero attached hydrogens (tertiary/aromatic N) is 4. The van der Waals surface area contributed by atoms with Gasteiger partial charge in [0.2, 0.25) is 0 Å². The van der Waals surface area contributed by atoms with E-state index in [-0.39, 0.29) is 12.2 Å². The zero-order chi connectivity index (χ0) is 18.8. The topological polar surface area (TPSA) is 78.4 Å². The molecule has 0 amide bonds. The van der Waals surface area contributed by atoms with Crippen LogP contribution in [0.4, 0.5) is 5.69 Å². The van der Waals surface area contributed by atoms with Gasteiger partial charge in [0.15, 0.2) is 0 Å². The monoisotopic (exact) mass is 365 g/mol. The number of nitriles is 1. The van der Waals surface area contributed by atoms with Crippen molar-refractivity contribution in [3.8, 4) is 6.07 Å². The summed E-state index contributed by atoms with van der Waals surface area (Å²) >= 11 is 0. The van der Waals surface area contributed by atoms with Gasteiger partial charge < -0.3 is 20.3 Å². The van der Waals surface area contributed by atoms with Gasteiger partial charge in [0.25, 0.3) is 0 Å². The van der Waals surface area contributed by atoms with Crippen LogP contribution < -0.4 is 10.6 Å². The summed E-state index contributed by atoms with van der Waals surface area (Å²) in [4.78, 5) is 9.31. The van der Waals surface area contributed by atoms with Crippen molar-refractivity contribution in [1.82, 2.24) is 9.88 Å². The zero-order valence-corrected chi connectivity index (χ0v) is 15.8. The summed E-state index contributed by atoms with van der Waals surface area (Å²) in [6, 6.07) is 10.5. The van der Waals surface area contributed by atoms with Gasteiger partial charge in [-0.25, -0.2) is 0 Å². The minimum atomic E-state index is 0.165. The Morgan fingerprint density at radius 3 is 2.85 bits per heavy atom. The van der Waals surface area contributed by atoms with E-state index in [9.17, 15) is 5.26 Å². The van der Waals surface area contributed by atoms with Gasteiger partial charge in [0, 0.05) is 42.9 Å². The molecule has 2 atom stereocenters. The van der Waals surface area contributed by atoms with Crippen LogP contribution in [-0.4, -0.2) is 60.9 Å². The fourth-order valence-corrected chi connectivity index (χ4v) is 4.29. The molecule has 3 heterocycles. The number of benzene rings is 1. The second-order valence-electron chi connectivity index (χ2n) is 7.76. The third-order valence-corrected chi connectivity index (χ3v) is 5.63. The molecular weight excluding hydrogens is 338 g/mol. The number of pyridine rings is 1. The number of hydrogen-bond donors (Lipinski definition) is 1. The maximum absolute atomic E-state index is 9.38. The number of anilines is 1. The van der Waals surface area contributed by atoms with Crippen molar-refractivity contribution in [2.45, 2.75) is 38.0 Å². The van der Waals surface area contributed by atoms with Crippen LogP contribution in [0.1, 0.15) is 25.3 Å². The Morgan fingerprint density at radius 2 is 2.07 bits per heavy atom. The zero-order valence-electron chi connectivity index (χ0n) is 15.8. The number of hydrogen-bond acceptors (Lipinski definition) is 6. The Morgan fingerprint density at radius 1 is 1.26 bits per heavy atom. The third kappa shape index (κ3) is 3.91. The van der Waals surface area contributed by atoms with Crippen molar-refractivity contribution >= 4 is 16.6 Å². The van der Waals surface area contributed by atoms with Crippen molar-refractivity contribution in [1.29, 1.82) is 5.26 Å². The van der Waals surface area contributed by atoms with Gasteiger partial charge in [0.1, 0.15) is 6.07 Å². The fraction of sp³-hybridized carbons (Fsp3) is 0.524. The first kappa shape index (κ1) is 18.2. The Kier molecular flexibility index (Phi) is 5.26. The molecule has 0 bridgehead atoms. The number of nitrogens with two attached hydrogens (primary N) is 1. The van der Waals surface area contributed by atoms with Crippen LogP contribution in [0.2, 0.25) is 0 Å². The number of ether oxygens (including phenoxy) is 1. The van der Waals surface area contributed by atoms with E-state index in [0.717, 1.165) is 62.2 Å². The summed E-state index contributed by atoms with van der Waals surface area (Å²) in [6.45, 7) is 6.88. The minimum Gasteiger partial charge on any atom is -0.370 e. The highest BCUT2D eigenvalue weighted by atomic mass is 16.5. The summed E-state index contributed by atoms with van der Waals surface area (Å²) in [7, 11) is 0. The Labute approximate surface area is 160 Å². The first-order valence-electron chi connectivity index (χ1n) is 9.80. The smallest absolute Gasteiger partial charge is 0.101 e. The Balaban J connectivity index is 1.55. The highest BCUT2D eigenvalue weighted by Crippen LogP contribution is 2.30. The van der Waals surface area contributed by atoms with Gasteiger partial charge in [0.05, 0.1) is 23.3 Å². The van der Waals surface area contributed by atoms with Crippen molar-refractivity contribution in [2.75, 3.05) is 37.6 Å². The number of likely N-dealkylation sites (tertiary alicyclic amines) is 1. The number of piperidine rings is 1. The van der Waals surface area contributed by atoms with E-state index in [1.165, 1.54) is 0 Å². The largest absolute Gasteiger partial charge is 0.370 e. The molecule has 6 heteroatoms. The van der Waals surface area contributed by atoms with Crippen LogP contribution in [-0.2, 0) is 4.74 Å². The van der Waals surface area contributed by atoms with E-state index in [0.29, 0.717) is 11.6 Å². The minimum absolute atomic E-state index is 0.165. The molecule has 27 heavy (non-hydrogen) atoms. The van der Waals surface area contributed by atoms with E-state index in [2.05, 4.69) is 39.9 Å². The summed E-state index contributed by atoms with van der Waals surface area (Å²) in [5.41, 5.74) is 8.57. The van der Waals surface area contributed by atoms with E-state index in [1.54, 1.807) is 6.20 Å². The Hall–Kier alpha value is -2.20. The molecule has 1 aromatic carbocycles. The quantitative estimate of drug-likeness (QED) is 0.898. The summed E-state index contributed by atoms with van der Waals surface area (Å²) in [5.74, 6) is 0. The van der Waals surface area contributed by atoms with Gasteiger partial charge in [-0.1, -0.05) is 0 Å². The first-order chi connectivity index (χ1) is 13.1. The first-order valence-corrected chi connectivity index (χ1v) is 9.80. The lowest BCUT2D eigenvalue weighted by molar-refractivity contribution is -0.0348. The Bertz CT molecular complexity index is 840. The molecule has 0 aliphatic carbocycles.